The molecule has 0 spiro atoms. The fraction of sp³-hybridized carbons (Fsp3) is 0. The van der Waals surface area contributed by atoms with Crippen molar-refractivity contribution in [3.05, 3.63) is 29.6 Å². The Morgan fingerprint density at radius 1 is 1.21 bits per heavy atom. The van der Waals surface area contributed by atoms with Crippen molar-refractivity contribution >= 4 is 43.9 Å². The van der Waals surface area contributed by atoms with Gasteiger partial charge in [0.25, 0.3) is 10.1 Å². The molecule has 76 valence electrons. The van der Waals surface area contributed by atoms with E-state index in [0.29, 0.717) is 5.39 Å². The first-order valence-electron chi connectivity index (χ1n) is 3.53. The summed E-state index contributed by atoms with van der Waals surface area (Å²) in [7, 11) is -4.08. The summed E-state index contributed by atoms with van der Waals surface area (Å²) < 4.78 is 31.5. The lowest BCUT2D eigenvalue weighted by Gasteiger charge is -1.92. The smallest absolute Gasteiger partial charge is 0.282 e. The summed E-state index contributed by atoms with van der Waals surface area (Å²) in [5, 5.41) is 2.02. The van der Waals surface area contributed by atoms with Gasteiger partial charge < -0.3 is 0 Å². The second-order valence-corrected chi connectivity index (χ2v) is 4.87. The van der Waals surface area contributed by atoms with Gasteiger partial charge in [0.2, 0.25) is 0 Å². The van der Waals surface area contributed by atoms with Gasteiger partial charge in [0, 0.05) is 15.5 Å². The fourth-order valence-electron chi connectivity index (χ4n) is 1.15. The number of fused-ring (bicyclic) bond motifs is 1. The van der Waals surface area contributed by atoms with E-state index in [9.17, 15) is 8.42 Å². The number of thiophene rings is 1. The monoisotopic (exact) mass is 250 g/mol. The lowest BCUT2D eigenvalue weighted by molar-refractivity contribution is 0.484. The van der Waals surface area contributed by atoms with Gasteiger partial charge in [-0.2, -0.15) is 8.42 Å². The minimum Gasteiger partial charge on any atom is -0.282 e. The van der Waals surface area contributed by atoms with E-state index >= 15 is 0 Å². The first-order valence-corrected chi connectivity index (χ1v) is 5.85. The van der Waals surface area contributed by atoms with Gasteiger partial charge in [-0.3, -0.25) is 4.55 Å². The van der Waals surface area contributed by atoms with Gasteiger partial charge in [-0.25, -0.2) is 0 Å². The van der Waals surface area contributed by atoms with E-state index in [1.165, 1.54) is 16.7 Å². The molecule has 0 aliphatic rings. The van der Waals surface area contributed by atoms with E-state index in [1.807, 2.05) is 12.1 Å². The van der Waals surface area contributed by atoms with Crippen LogP contribution in [0.2, 0.25) is 0 Å². The van der Waals surface area contributed by atoms with Crippen molar-refractivity contribution in [3.63, 3.8) is 0 Å². The molecule has 1 aromatic heterocycles. The second-order valence-electron chi connectivity index (χ2n) is 2.57. The molecular formula is C8H7ClO3S2. The van der Waals surface area contributed by atoms with Crippen LogP contribution in [0.15, 0.2) is 34.5 Å². The highest BCUT2D eigenvalue weighted by Crippen LogP contribution is 2.28. The van der Waals surface area contributed by atoms with Crippen molar-refractivity contribution in [2.45, 2.75) is 4.90 Å². The van der Waals surface area contributed by atoms with Crippen molar-refractivity contribution in [2.24, 2.45) is 0 Å². The van der Waals surface area contributed by atoms with Gasteiger partial charge in [0.15, 0.2) is 0 Å². The van der Waals surface area contributed by atoms with Crippen LogP contribution in [0.4, 0.5) is 0 Å². The van der Waals surface area contributed by atoms with Gasteiger partial charge >= 0.3 is 0 Å². The third kappa shape index (κ3) is 1.90. The molecule has 2 rings (SSSR count). The third-order valence-corrected chi connectivity index (χ3v) is 3.73. The number of rotatable bonds is 1. The highest BCUT2D eigenvalue weighted by molar-refractivity contribution is 7.86. The molecule has 1 aromatic carbocycles. The Bertz CT molecular complexity index is 544. The van der Waals surface area contributed by atoms with E-state index in [1.54, 1.807) is 12.1 Å². The normalized spacial score (nSPS) is 11.2. The third-order valence-electron chi connectivity index (χ3n) is 1.72. The van der Waals surface area contributed by atoms with Crippen LogP contribution in [0.25, 0.3) is 10.1 Å². The van der Waals surface area contributed by atoms with E-state index in [0.717, 1.165) is 4.70 Å². The van der Waals surface area contributed by atoms with E-state index in [-0.39, 0.29) is 17.3 Å². The van der Waals surface area contributed by atoms with Crippen LogP contribution >= 0.6 is 23.7 Å². The molecule has 2 aromatic rings. The standard InChI is InChI=1S/C8H6O3S2.ClH/c9-13(10,11)8-5-12-7-4-2-1-3-6(7)8;/h1-5H,(H,9,10,11);1H. The average molecular weight is 251 g/mol. The molecule has 0 aliphatic carbocycles. The largest absolute Gasteiger partial charge is 0.295 e. The van der Waals surface area contributed by atoms with Crippen LogP contribution < -0.4 is 0 Å². The van der Waals surface area contributed by atoms with Crippen LogP contribution in [-0.2, 0) is 10.1 Å². The van der Waals surface area contributed by atoms with Gasteiger partial charge in [-0.05, 0) is 6.07 Å². The highest BCUT2D eigenvalue weighted by Gasteiger charge is 2.14. The molecule has 0 bridgehead atoms. The van der Waals surface area contributed by atoms with E-state index in [4.69, 9.17) is 4.55 Å². The summed E-state index contributed by atoms with van der Waals surface area (Å²) in [4.78, 5) is -0.00639. The zero-order valence-electron chi connectivity index (χ0n) is 6.88. The van der Waals surface area contributed by atoms with Crippen LogP contribution in [0.5, 0.6) is 0 Å². The Labute approximate surface area is 91.5 Å². The van der Waals surface area contributed by atoms with Crippen LogP contribution in [0.1, 0.15) is 0 Å². The van der Waals surface area contributed by atoms with Crippen molar-refractivity contribution in [1.82, 2.24) is 0 Å². The van der Waals surface area contributed by atoms with Crippen LogP contribution in [-0.4, -0.2) is 13.0 Å². The summed E-state index contributed by atoms with van der Waals surface area (Å²) in [5.41, 5.74) is 0. The lowest BCUT2D eigenvalue weighted by Crippen LogP contribution is -1.95. The molecule has 0 fully saturated rings. The molecule has 0 saturated heterocycles. The molecule has 0 atom stereocenters. The molecule has 1 heterocycles. The van der Waals surface area contributed by atoms with Gasteiger partial charge in [0.05, 0.1) is 0 Å². The molecule has 3 nitrogen and oxygen atoms in total. The fourth-order valence-corrected chi connectivity index (χ4v) is 3.13. The Kier molecular flexibility index (Phi) is 3.16. The van der Waals surface area contributed by atoms with Gasteiger partial charge in [-0.15, -0.1) is 23.7 Å². The predicted molar refractivity (Wildman–Crippen MR) is 58.9 cm³/mol. The SMILES string of the molecule is Cl.O=S(=O)(O)c1csc2ccccc12. The number of hydrogen-bond acceptors (Lipinski definition) is 3. The predicted octanol–water partition coefficient (Wildman–Crippen LogP) is 2.57. The van der Waals surface area contributed by atoms with Gasteiger partial charge in [0.1, 0.15) is 4.90 Å². The maximum absolute atomic E-state index is 10.9. The zero-order chi connectivity index (χ0) is 9.47. The molecule has 6 heteroatoms. The number of halogens is 1. The number of hydrogen-bond donors (Lipinski definition) is 1. The molecule has 0 unspecified atom stereocenters. The highest BCUT2D eigenvalue weighted by atomic mass is 35.5. The number of benzene rings is 1. The Morgan fingerprint density at radius 3 is 2.50 bits per heavy atom. The van der Waals surface area contributed by atoms with E-state index in [2.05, 4.69) is 0 Å². The molecule has 1 N–H and O–H groups in total. The Balaban J connectivity index is 0.000000980. The summed E-state index contributed by atoms with van der Waals surface area (Å²) in [6, 6.07) is 7.06. The summed E-state index contributed by atoms with van der Waals surface area (Å²) >= 11 is 1.30. The molecule has 0 aliphatic heterocycles. The van der Waals surface area contributed by atoms with Crippen LogP contribution in [0, 0.1) is 0 Å². The van der Waals surface area contributed by atoms with Crippen molar-refractivity contribution < 1.29 is 13.0 Å². The first kappa shape index (κ1) is 11.5. The van der Waals surface area contributed by atoms with Gasteiger partial charge in [-0.1, -0.05) is 18.2 Å². The Morgan fingerprint density at radius 2 is 1.86 bits per heavy atom. The van der Waals surface area contributed by atoms with Crippen molar-refractivity contribution in [1.29, 1.82) is 0 Å². The molecule has 0 amide bonds. The first-order chi connectivity index (χ1) is 6.09. The summed E-state index contributed by atoms with van der Waals surface area (Å²) in [6.07, 6.45) is 0. The quantitative estimate of drug-likeness (QED) is 0.792. The second kappa shape index (κ2) is 3.86. The zero-order valence-corrected chi connectivity index (χ0v) is 9.32. The maximum atomic E-state index is 10.9. The summed E-state index contributed by atoms with van der Waals surface area (Å²) in [6.45, 7) is 0. The molecule has 14 heavy (non-hydrogen) atoms. The average Bonchev–Trinajstić information content (AvgIpc) is 2.45. The minimum atomic E-state index is -4.08. The van der Waals surface area contributed by atoms with Crippen molar-refractivity contribution in [2.75, 3.05) is 0 Å². The van der Waals surface area contributed by atoms with E-state index < -0.39 is 10.1 Å². The Hall–Kier alpha value is -0.620. The molecular weight excluding hydrogens is 244 g/mol. The summed E-state index contributed by atoms with van der Waals surface area (Å²) in [5.74, 6) is 0. The topological polar surface area (TPSA) is 54.4 Å². The molecule has 0 radical (unpaired) electrons. The molecule has 0 saturated carbocycles. The maximum Gasteiger partial charge on any atom is 0.295 e. The van der Waals surface area contributed by atoms with Crippen molar-refractivity contribution in [3.8, 4) is 0 Å². The minimum absolute atomic E-state index is 0. The lowest BCUT2D eigenvalue weighted by atomic mass is 10.3. The van der Waals surface area contributed by atoms with Crippen LogP contribution in [0.3, 0.4) is 0 Å².